The molecular formula is C16H12Cl2N2O5. The fourth-order valence-electron chi connectivity index (χ4n) is 2.05. The van der Waals surface area contributed by atoms with E-state index < -0.39 is 23.4 Å². The van der Waals surface area contributed by atoms with Crippen molar-refractivity contribution >= 4 is 46.5 Å². The maximum Gasteiger partial charge on any atom is 0.345 e. The lowest BCUT2D eigenvalue weighted by Gasteiger charge is -2.09. The maximum atomic E-state index is 12.0. The molecule has 0 aliphatic carbocycles. The minimum atomic E-state index is -0.970. The maximum absolute atomic E-state index is 12.0. The Kier molecular flexibility index (Phi) is 5.95. The highest BCUT2D eigenvalue weighted by molar-refractivity contribution is 6.35. The van der Waals surface area contributed by atoms with Gasteiger partial charge in [-0.25, -0.2) is 4.79 Å². The third-order valence-electron chi connectivity index (χ3n) is 3.18. The minimum Gasteiger partial charge on any atom is -0.452 e. The van der Waals surface area contributed by atoms with Gasteiger partial charge in [0.2, 0.25) is 0 Å². The molecule has 0 aliphatic rings. The molecule has 2 aromatic carbocycles. The van der Waals surface area contributed by atoms with Crippen molar-refractivity contribution in [3.63, 3.8) is 0 Å². The Morgan fingerprint density at radius 1 is 1.24 bits per heavy atom. The molecule has 0 radical (unpaired) electrons. The van der Waals surface area contributed by atoms with Crippen LogP contribution in [0.4, 0.5) is 11.4 Å². The molecule has 0 aromatic heterocycles. The average molecular weight is 383 g/mol. The van der Waals surface area contributed by atoms with Gasteiger partial charge in [-0.15, -0.1) is 0 Å². The Labute approximate surface area is 152 Å². The number of nitro benzene ring substituents is 1. The van der Waals surface area contributed by atoms with Crippen molar-refractivity contribution in [1.82, 2.24) is 0 Å². The number of halogens is 2. The first kappa shape index (κ1) is 18.7. The lowest BCUT2D eigenvalue weighted by atomic mass is 10.1. The predicted octanol–water partition coefficient (Wildman–Crippen LogP) is 4.01. The summed E-state index contributed by atoms with van der Waals surface area (Å²) in [6.07, 6.45) is 0. The van der Waals surface area contributed by atoms with Crippen LogP contribution >= 0.6 is 23.2 Å². The smallest absolute Gasteiger partial charge is 0.345 e. The summed E-state index contributed by atoms with van der Waals surface area (Å²) in [5.41, 5.74) is -0.00394. The Morgan fingerprint density at radius 2 is 1.96 bits per heavy atom. The van der Waals surface area contributed by atoms with Crippen molar-refractivity contribution in [3.8, 4) is 0 Å². The standard InChI is InChI=1S/C16H12Cl2N2O5/c1-9-3-2-4-11(15(9)20(23)24)16(22)25-8-14(21)19-13-7-10(17)5-6-12(13)18/h2-7H,8H2,1H3,(H,19,21). The number of nitrogens with zero attached hydrogens (tertiary/aromatic N) is 1. The Bertz CT molecular complexity index is 854. The first-order valence-electron chi connectivity index (χ1n) is 6.95. The number of rotatable bonds is 5. The van der Waals surface area contributed by atoms with Gasteiger partial charge in [0.1, 0.15) is 5.56 Å². The van der Waals surface area contributed by atoms with E-state index in [9.17, 15) is 19.7 Å². The number of benzene rings is 2. The van der Waals surface area contributed by atoms with Gasteiger partial charge in [0.05, 0.1) is 15.6 Å². The molecule has 2 aromatic rings. The van der Waals surface area contributed by atoms with Crippen LogP contribution in [0.1, 0.15) is 15.9 Å². The predicted molar refractivity (Wildman–Crippen MR) is 93.2 cm³/mol. The van der Waals surface area contributed by atoms with Gasteiger partial charge in [0, 0.05) is 10.6 Å². The zero-order valence-corrected chi connectivity index (χ0v) is 14.4. The van der Waals surface area contributed by atoms with Crippen LogP contribution in [-0.4, -0.2) is 23.4 Å². The third kappa shape index (κ3) is 4.68. The Balaban J connectivity index is 2.05. The van der Waals surface area contributed by atoms with E-state index in [1.807, 2.05) is 0 Å². The zero-order chi connectivity index (χ0) is 18.6. The van der Waals surface area contributed by atoms with Crippen LogP contribution in [0.3, 0.4) is 0 Å². The zero-order valence-electron chi connectivity index (χ0n) is 12.9. The molecule has 130 valence electrons. The van der Waals surface area contributed by atoms with Gasteiger partial charge in [-0.3, -0.25) is 14.9 Å². The van der Waals surface area contributed by atoms with Gasteiger partial charge < -0.3 is 10.1 Å². The molecular weight excluding hydrogens is 371 g/mol. The number of carbonyl (C=O) groups excluding carboxylic acids is 2. The van der Waals surface area contributed by atoms with Gasteiger partial charge in [0.25, 0.3) is 11.6 Å². The van der Waals surface area contributed by atoms with Gasteiger partial charge in [-0.1, -0.05) is 35.3 Å². The SMILES string of the molecule is Cc1cccc(C(=O)OCC(=O)Nc2cc(Cl)ccc2Cl)c1[N+](=O)[O-]. The first-order valence-corrected chi connectivity index (χ1v) is 7.71. The molecule has 1 N–H and O–H groups in total. The lowest BCUT2D eigenvalue weighted by Crippen LogP contribution is -2.21. The number of aryl methyl sites for hydroxylation is 1. The summed E-state index contributed by atoms with van der Waals surface area (Å²) in [4.78, 5) is 34.3. The number of carbonyl (C=O) groups is 2. The van der Waals surface area contributed by atoms with Crippen molar-refractivity contribution in [1.29, 1.82) is 0 Å². The van der Waals surface area contributed by atoms with Crippen LogP contribution in [0.5, 0.6) is 0 Å². The van der Waals surface area contributed by atoms with Crippen LogP contribution < -0.4 is 5.32 Å². The Hall–Kier alpha value is -2.64. The number of hydrogen-bond donors (Lipinski definition) is 1. The van der Waals surface area contributed by atoms with Crippen molar-refractivity contribution in [3.05, 3.63) is 67.7 Å². The number of esters is 1. The second-order valence-corrected chi connectivity index (χ2v) is 5.82. The van der Waals surface area contributed by atoms with Gasteiger partial charge >= 0.3 is 5.97 Å². The number of anilines is 1. The summed E-state index contributed by atoms with van der Waals surface area (Å²) in [5, 5.41) is 14.2. The monoisotopic (exact) mass is 382 g/mol. The Morgan fingerprint density at radius 3 is 2.64 bits per heavy atom. The highest BCUT2D eigenvalue weighted by Gasteiger charge is 2.24. The molecule has 0 aliphatic heterocycles. The van der Waals surface area contributed by atoms with E-state index in [-0.39, 0.29) is 22.0 Å². The van der Waals surface area contributed by atoms with Crippen LogP contribution in [0.25, 0.3) is 0 Å². The van der Waals surface area contributed by atoms with Crippen molar-refractivity contribution < 1.29 is 19.2 Å². The van der Waals surface area contributed by atoms with E-state index in [0.717, 1.165) is 0 Å². The normalized spacial score (nSPS) is 10.2. The quantitative estimate of drug-likeness (QED) is 0.478. The van der Waals surface area contributed by atoms with E-state index in [4.69, 9.17) is 27.9 Å². The molecule has 0 fully saturated rings. The number of para-hydroxylation sites is 1. The highest BCUT2D eigenvalue weighted by atomic mass is 35.5. The summed E-state index contributed by atoms with van der Waals surface area (Å²) < 4.78 is 4.85. The molecule has 0 bridgehead atoms. The summed E-state index contributed by atoms with van der Waals surface area (Å²) in [6.45, 7) is 0.871. The highest BCUT2D eigenvalue weighted by Crippen LogP contribution is 2.26. The van der Waals surface area contributed by atoms with E-state index in [1.54, 1.807) is 6.07 Å². The van der Waals surface area contributed by atoms with Gasteiger partial charge in [-0.05, 0) is 31.2 Å². The van der Waals surface area contributed by atoms with Crippen molar-refractivity contribution in [2.24, 2.45) is 0 Å². The first-order chi connectivity index (χ1) is 11.8. The summed E-state index contributed by atoms with van der Waals surface area (Å²) in [7, 11) is 0. The van der Waals surface area contributed by atoms with Crippen LogP contribution in [0.15, 0.2) is 36.4 Å². The molecule has 0 atom stereocenters. The van der Waals surface area contributed by atoms with Crippen LogP contribution in [0.2, 0.25) is 10.0 Å². The third-order valence-corrected chi connectivity index (χ3v) is 3.74. The molecule has 0 spiro atoms. The van der Waals surface area contributed by atoms with Crippen molar-refractivity contribution in [2.75, 3.05) is 11.9 Å². The van der Waals surface area contributed by atoms with E-state index >= 15 is 0 Å². The largest absolute Gasteiger partial charge is 0.452 e. The summed E-state index contributed by atoms with van der Waals surface area (Å²) in [5.74, 6) is -1.63. The molecule has 0 unspecified atom stereocenters. The fourth-order valence-corrected chi connectivity index (χ4v) is 2.39. The number of amides is 1. The fraction of sp³-hybridized carbons (Fsp3) is 0.125. The van der Waals surface area contributed by atoms with Gasteiger partial charge in [-0.2, -0.15) is 0 Å². The summed E-state index contributed by atoms with van der Waals surface area (Å²) in [6, 6.07) is 8.75. The van der Waals surface area contributed by atoms with Crippen LogP contribution in [0, 0.1) is 17.0 Å². The molecule has 0 heterocycles. The number of nitro groups is 1. The number of ether oxygens (including phenoxy) is 1. The van der Waals surface area contributed by atoms with E-state index in [1.165, 1.54) is 37.3 Å². The van der Waals surface area contributed by atoms with Crippen molar-refractivity contribution in [2.45, 2.75) is 6.92 Å². The second kappa shape index (κ2) is 7.96. The molecule has 25 heavy (non-hydrogen) atoms. The molecule has 9 heteroatoms. The summed E-state index contributed by atoms with van der Waals surface area (Å²) >= 11 is 11.7. The van der Waals surface area contributed by atoms with E-state index in [0.29, 0.717) is 10.6 Å². The lowest BCUT2D eigenvalue weighted by molar-refractivity contribution is -0.385. The molecule has 0 saturated heterocycles. The average Bonchev–Trinajstić information content (AvgIpc) is 2.55. The molecule has 0 saturated carbocycles. The van der Waals surface area contributed by atoms with Gasteiger partial charge in [0.15, 0.2) is 6.61 Å². The number of hydrogen-bond acceptors (Lipinski definition) is 5. The second-order valence-electron chi connectivity index (χ2n) is 4.98. The van der Waals surface area contributed by atoms with E-state index in [2.05, 4.69) is 5.32 Å². The minimum absolute atomic E-state index is 0.224. The number of nitrogens with one attached hydrogen (secondary N) is 1. The molecule has 7 nitrogen and oxygen atoms in total. The van der Waals surface area contributed by atoms with Crippen LogP contribution in [-0.2, 0) is 9.53 Å². The molecule has 2 rings (SSSR count). The molecule has 1 amide bonds. The topological polar surface area (TPSA) is 98.5 Å².